The first-order chi connectivity index (χ1) is 17.6. The van der Waals surface area contributed by atoms with Gasteiger partial charge in [0.25, 0.3) is 5.91 Å². The number of hydrogen-bond donors (Lipinski definition) is 3. The van der Waals surface area contributed by atoms with Gasteiger partial charge in [0.1, 0.15) is 6.04 Å². The predicted molar refractivity (Wildman–Crippen MR) is 138 cm³/mol. The molecule has 1 unspecified atom stereocenters. The number of benzene rings is 3. The second kappa shape index (κ2) is 10.4. The molecular weight excluding hydrogens is 454 g/mol. The molecule has 1 saturated heterocycles. The number of aromatic amines is 1. The monoisotopic (exact) mass is 481 g/mol. The minimum Gasteiger partial charge on any atom is -0.345 e. The number of nitrogens with one attached hydrogen (secondary N) is 3. The van der Waals surface area contributed by atoms with Crippen LogP contribution in [0.4, 0.5) is 5.69 Å². The zero-order valence-electron chi connectivity index (χ0n) is 19.7. The van der Waals surface area contributed by atoms with E-state index < -0.39 is 6.04 Å². The van der Waals surface area contributed by atoms with Gasteiger partial charge in [-0.3, -0.25) is 14.4 Å². The molecule has 0 spiro atoms. The van der Waals surface area contributed by atoms with Crippen LogP contribution in [0.15, 0.2) is 79.1 Å². The number of aromatic nitrogens is 2. The predicted octanol–water partition coefficient (Wildman–Crippen LogP) is 3.98. The van der Waals surface area contributed by atoms with Gasteiger partial charge in [-0.2, -0.15) is 0 Å². The molecule has 8 nitrogen and oxygen atoms in total. The van der Waals surface area contributed by atoms with Crippen molar-refractivity contribution < 1.29 is 14.4 Å². The van der Waals surface area contributed by atoms with Gasteiger partial charge in [0.2, 0.25) is 11.8 Å². The fourth-order valence-corrected chi connectivity index (χ4v) is 4.47. The molecular formula is C28H27N5O3. The molecule has 3 aromatic carbocycles. The maximum atomic E-state index is 13.2. The fraction of sp³-hybridized carbons (Fsp3) is 0.214. The molecule has 3 amide bonds. The lowest BCUT2D eigenvalue weighted by atomic mass is 10.0. The number of nitrogens with zero attached hydrogens (tertiary/aromatic N) is 2. The smallest absolute Gasteiger partial charge is 0.251 e. The van der Waals surface area contributed by atoms with Crippen LogP contribution >= 0.6 is 0 Å². The number of hydrogen-bond acceptors (Lipinski definition) is 4. The number of carbonyl (C=O) groups excluding carboxylic acids is 3. The number of H-pyrrole nitrogens is 1. The lowest BCUT2D eigenvalue weighted by Crippen LogP contribution is -2.49. The van der Waals surface area contributed by atoms with E-state index in [9.17, 15) is 14.4 Å². The number of rotatable bonds is 6. The van der Waals surface area contributed by atoms with E-state index >= 15 is 0 Å². The molecule has 0 aliphatic carbocycles. The fourth-order valence-electron chi connectivity index (χ4n) is 4.47. The Balaban J connectivity index is 1.21. The molecule has 2 heterocycles. The first-order valence-corrected chi connectivity index (χ1v) is 12.0. The normalized spacial score (nSPS) is 15.9. The summed E-state index contributed by atoms with van der Waals surface area (Å²) in [5.74, 6) is -0.821. The maximum absolute atomic E-state index is 13.2. The van der Waals surface area contributed by atoms with Gasteiger partial charge in [0, 0.05) is 17.8 Å². The third-order valence-corrected chi connectivity index (χ3v) is 6.38. The van der Waals surface area contributed by atoms with Crippen LogP contribution in [0, 0.1) is 0 Å². The molecule has 4 aromatic rings. The Labute approximate surface area is 208 Å². The first kappa shape index (κ1) is 23.3. The van der Waals surface area contributed by atoms with Gasteiger partial charge in [-0.1, -0.05) is 42.5 Å². The van der Waals surface area contributed by atoms with E-state index in [1.165, 1.54) is 4.90 Å². The summed E-state index contributed by atoms with van der Waals surface area (Å²) in [6.45, 7) is 0.405. The molecule has 1 aliphatic rings. The third kappa shape index (κ3) is 5.27. The molecule has 0 saturated carbocycles. The summed E-state index contributed by atoms with van der Waals surface area (Å²) in [6.07, 6.45) is 3.70. The molecule has 0 bridgehead atoms. The number of likely N-dealkylation sites (tertiary alicyclic amines) is 1. The highest BCUT2D eigenvalue weighted by Crippen LogP contribution is 2.20. The van der Waals surface area contributed by atoms with Crippen LogP contribution in [0.25, 0.3) is 22.2 Å². The van der Waals surface area contributed by atoms with Crippen LogP contribution in [-0.4, -0.2) is 51.7 Å². The lowest BCUT2D eigenvalue weighted by molar-refractivity contribution is -0.135. The summed E-state index contributed by atoms with van der Waals surface area (Å²) >= 11 is 0. The average Bonchev–Trinajstić information content (AvgIpc) is 3.31. The van der Waals surface area contributed by atoms with Crippen molar-refractivity contribution >= 4 is 34.4 Å². The number of carbonyl (C=O) groups is 3. The van der Waals surface area contributed by atoms with E-state index in [1.807, 2.05) is 48.5 Å². The molecule has 1 aliphatic heterocycles. The van der Waals surface area contributed by atoms with Gasteiger partial charge in [0.15, 0.2) is 0 Å². The minimum atomic E-state index is -0.664. The lowest BCUT2D eigenvalue weighted by Gasteiger charge is -2.24. The highest BCUT2D eigenvalue weighted by Gasteiger charge is 2.29. The Kier molecular flexibility index (Phi) is 6.75. The molecule has 36 heavy (non-hydrogen) atoms. The Bertz CT molecular complexity index is 1380. The Morgan fingerprint density at radius 1 is 0.972 bits per heavy atom. The summed E-state index contributed by atoms with van der Waals surface area (Å²) in [7, 11) is 0. The molecule has 1 atom stereocenters. The van der Waals surface area contributed by atoms with E-state index in [-0.39, 0.29) is 24.3 Å². The summed E-state index contributed by atoms with van der Waals surface area (Å²) in [5, 5.41) is 5.73. The van der Waals surface area contributed by atoms with Crippen LogP contribution < -0.4 is 10.6 Å². The quantitative estimate of drug-likeness (QED) is 0.387. The number of amides is 3. The van der Waals surface area contributed by atoms with Crippen LogP contribution in [0.3, 0.4) is 0 Å². The van der Waals surface area contributed by atoms with Crippen LogP contribution in [0.1, 0.15) is 29.6 Å². The molecule has 1 fully saturated rings. The van der Waals surface area contributed by atoms with Crippen LogP contribution in [-0.2, 0) is 9.59 Å². The van der Waals surface area contributed by atoms with Gasteiger partial charge in [-0.05, 0) is 60.7 Å². The Morgan fingerprint density at radius 2 is 1.75 bits per heavy atom. The molecule has 3 N–H and O–H groups in total. The maximum Gasteiger partial charge on any atom is 0.251 e. The van der Waals surface area contributed by atoms with E-state index in [2.05, 4.69) is 20.6 Å². The second-order valence-electron chi connectivity index (χ2n) is 8.91. The van der Waals surface area contributed by atoms with Crippen molar-refractivity contribution in [2.75, 3.05) is 18.4 Å². The van der Waals surface area contributed by atoms with Gasteiger partial charge in [-0.25, -0.2) is 4.98 Å². The first-order valence-electron chi connectivity index (χ1n) is 12.0. The second-order valence-corrected chi connectivity index (χ2v) is 8.91. The average molecular weight is 482 g/mol. The zero-order valence-corrected chi connectivity index (χ0v) is 19.7. The molecule has 5 rings (SSSR count). The number of fused-ring (bicyclic) bond motifs is 1. The minimum absolute atomic E-state index is 0.0714. The summed E-state index contributed by atoms with van der Waals surface area (Å²) < 4.78 is 0. The van der Waals surface area contributed by atoms with Crippen LogP contribution in [0.5, 0.6) is 0 Å². The Morgan fingerprint density at radius 3 is 2.56 bits per heavy atom. The Hall–Kier alpha value is -4.46. The van der Waals surface area contributed by atoms with Gasteiger partial charge < -0.3 is 20.5 Å². The number of anilines is 1. The summed E-state index contributed by atoms with van der Waals surface area (Å²) in [5.41, 5.74) is 4.83. The van der Waals surface area contributed by atoms with Crippen molar-refractivity contribution in [2.24, 2.45) is 0 Å². The van der Waals surface area contributed by atoms with Crippen molar-refractivity contribution in [3.8, 4) is 11.1 Å². The standard InChI is InChI=1S/C28H27N5O3/c34-26(31-22-13-14-23-25(16-22)30-18-29-23)17-33-15-5-4-8-24(28(33)36)32-27(35)21-11-9-20(10-12-21)19-6-2-1-3-7-19/h1-3,6-7,9-14,16,18,24H,4-5,8,15,17H2,(H,29,30)(H,31,34)(H,32,35). The third-order valence-electron chi connectivity index (χ3n) is 6.38. The largest absolute Gasteiger partial charge is 0.345 e. The highest BCUT2D eigenvalue weighted by molar-refractivity contribution is 6.00. The zero-order chi connectivity index (χ0) is 24.9. The van der Waals surface area contributed by atoms with Crippen molar-refractivity contribution in [2.45, 2.75) is 25.3 Å². The summed E-state index contributed by atoms with van der Waals surface area (Å²) in [4.78, 5) is 47.5. The van der Waals surface area contributed by atoms with E-state index in [0.29, 0.717) is 24.2 Å². The van der Waals surface area contributed by atoms with Crippen LogP contribution in [0.2, 0.25) is 0 Å². The van der Waals surface area contributed by atoms with E-state index in [1.54, 1.807) is 30.6 Å². The number of imidazole rings is 1. The topological polar surface area (TPSA) is 107 Å². The van der Waals surface area contributed by atoms with E-state index in [0.717, 1.165) is 35.0 Å². The summed E-state index contributed by atoms with van der Waals surface area (Å²) in [6, 6.07) is 22.0. The SMILES string of the molecule is O=C(CN1CCCCC(NC(=O)c2ccc(-c3ccccc3)cc2)C1=O)Nc1ccc2nc[nH]c2c1. The van der Waals surface area contributed by atoms with Crippen molar-refractivity contribution in [3.63, 3.8) is 0 Å². The molecule has 182 valence electrons. The van der Waals surface area contributed by atoms with Crippen molar-refractivity contribution in [3.05, 3.63) is 84.7 Å². The van der Waals surface area contributed by atoms with E-state index in [4.69, 9.17) is 0 Å². The van der Waals surface area contributed by atoms with Gasteiger partial charge >= 0.3 is 0 Å². The van der Waals surface area contributed by atoms with Gasteiger partial charge in [-0.15, -0.1) is 0 Å². The van der Waals surface area contributed by atoms with Crippen molar-refractivity contribution in [1.29, 1.82) is 0 Å². The molecule has 1 aromatic heterocycles. The van der Waals surface area contributed by atoms with Crippen molar-refractivity contribution in [1.82, 2.24) is 20.2 Å². The van der Waals surface area contributed by atoms with Gasteiger partial charge in [0.05, 0.1) is 23.9 Å². The molecule has 0 radical (unpaired) electrons. The molecule has 8 heteroatoms. The highest BCUT2D eigenvalue weighted by atomic mass is 16.2.